The van der Waals surface area contributed by atoms with Gasteiger partial charge in [-0.15, -0.1) is 0 Å². The van der Waals surface area contributed by atoms with E-state index in [9.17, 15) is 4.79 Å². The van der Waals surface area contributed by atoms with E-state index in [1.165, 1.54) is 6.42 Å². The van der Waals surface area contributed by atoms with Crippen molar-refractivity contribution >= 4 is 11.7 Å². The van der Waals surface area contributed by atoms with Crippen LogP contribution < -0.4 is 11.2 Å². The van der Waals surface area contributed by atoms with Crippen LogP contribution in [0.2, 0.25) is 0 Å². The Morgan fingerprint density at radius 1 is 1.38 bits per heavy atom. The molecule has 92 valence electrons. The Bertz CT molecular complexity index is 278. The Labute approximate surface area is 97.7 Å². The fourth-order valence-corrected chi connectivity index (χ4v) is 2.27. The molecule has 0 aliphatic heterocycles. The van der Waals surface area contributed by atoms with Crippen molar-refractivity contribution in [2.45, 2.75) is 52.9 Å². The fraction of sp³-hybridized carbons (Fsp3) is 0.833. The normalized spacial score (nSPS) is 25.2. The zero-order chi connectivity index (χ0) is 12.2. The Morgan fingerprint density at radius 3 is 2.62 bits per heavy atom. The molecule has 1 unspecified atom stereocenters. The number of nitrogens with zero attached hydrogens (tertiary/aromatic N) is 1. The van der Waals surface area contributed by atoms with Crippen molar-refractivity contribution in [3.8, 4) is 0 Å². The summed E-state index contributed by atoms with van der Waals surface area (Å²) in [5.74, 6) is 0.744. The highest BCUT2D eigenvalue weighted by Crippen LogP contribution is 2.36. The van der Waals surface area contributed by atoms with Gasteiger partial charge >= 0.3 is 6.03 Å². The van der Waals surface area contributed by atoms with E-state index in [1.54, 1.807) is 0 Å². The number of primary amides is 1. The molecule has 1 rings (SSSR count). The third kappa shape index (κ3) is 4.21. The molecule has 0 radical (unpaired) electrons. The Hall–Kier alpha value is -1.06. The van der Waals surface area contributed by atoms with Gasteiger partial charge in [0.25, 0.3) is 0 Å². The summed E-state index contributed by atoms with van der Waals surface area (Å²) in [4.78, 5) is 10.6. The van der Waals surface area contributed by atoms with Gasteiger partial charge in [-0.25, -0.2) is 10.2 Å². The standard InChI is InChI=1S/C12H23N3O/c1-12(2,3)9-5-4-6-10(8-7-9)14-15-11(13)16/h9H,4-8H2,1-3H3,(H3,13,15,16). The maximum Gasteiger partial charge on any atom is 0.332 e. The second kappa shape index (κ2) is 5.32. The van der Waals surface area contributed by atoms with Crippen LogP contribution >= 0.6 is 0 Å². The zero-order valence-electron chi connectivity index (χ0n) is 10.5. The van der Waals surface area contributed by atoms with Crippen molar-refractivity contribution < 1.29 is 4.79 Å². The lowest BCUT2D eigenvalue weighted by Crippen LogP contribution is -2.25. The molecule has 1 atom stereocenters. The molecule has 2 amide bonds. The number of nitrogens with two attached hydrogens (primary N) is 1. The summed E-state index contributed by atoms with van der Waals surface area (Å²) >= 11 is 0. The predicted molar refractivity (Wildman–Crippen MR) is 66.2 cm³/mol. The number of hydrazone groups is 1. The lowest BCUT2D eigenvalue weighted by Gasteiger charge is -2.29. The maximum atomic E-state index is 10.6. The quantitative estimate of drug-likeness (QED) is 0.523. The molecular formula is C12H23N3O. The first-order valence-corrected chi connectivity index (χ1v) is 6.00. The molecule has 16 heavy (non-hydrogen) atoms. The van der Waals surface area contributed by atoms with Crippen LogP contribution in [0.5, 0.6) is 0 Å². The molecule has 1 fully saturated rings. The summed E-state index contributed by atoms with van der Waals surface area (Å²) in [7, 11) is 0. The van der Waals surface area contributed by atoms with Gasteiger partial charge in [-0.1, -0.05) is 20.8 Å². The molecule has 0 aromatic heterocycles. The highest BCUT2D eigenvalue weighted by molar-refractivity contribution is 5.86. The zero-order valence-corrected chi connectivity index (χ0v) is 10.5. The average molecular weight is 225 g/mol. The van der Waals surface area contributed by atoms with Crippen LogP contribution in [0.1, 0.15) is 52.9 Å². The molecule has 1 aliphatic rings. The van der Waals surface area contributed by atoms with Crippen molar-refractivity contribution in [1.82, 2.24) is 5.43 Å². The van der Waals surface area contributed by atoms with Crippen molar-refractivity contribution in [3.63, 3.8) is 0 Å². The van der Waals surface area contributed by atoms with Crippen LogP contribution in [0.4, 0.5) is 4.79 Å². The van der Waals surface area contributed by atoms with Gasteiger partial charge in [0, 0.05) is 5.71 Å². The van der Waals surface area contributed by atoms with Crippen molar-refractivity contribution in [3.05, 3.63) is 0 Å². The van der Waals surface area contributed by atoms with Crippen molar-refractivity contribution in [1.29, 1.82) is 0 Å². The van der Waals surface area contributed by atoms with E-state index in [0.717, 1.165) is 37.3 Å². The minimum absolute atomic E-state index is 0.368. The number of carbonyl (C=O) groups is 1. The van der Waals surface area contributed by atoms with Crippen molar-refractivity contribution in [2.24, 2.45) is 22.2 Å². The number of nitrogens with one attached hydrogen (secondary N) is 1. The molecular weight excluding hydrogens is 202 g/mol. The highest BCUT2D eigenvalue weighted by atomic mass is 16.2. The van der Waals surface area contributed by atoms with E-state index in [1.807, 2.05) is 0 Å². The summed E-state index contributed by atoms with van der Waals surface area (Å²) < 4.78 is 0. The van der Waals surface area contributed by atoms with Crippen LogP contribution in [0.3, 0.4) is 0 Å². The number of urea groups is 1. The smallest absolute Gasteiger partial charge is 0.332 e. The number of hydrogen-bond donors (Lipinski definition) is 2. The molecule has 0 aromatic carbocycles. The monoisotopic (exact) mass is 225 g/mol. The second-order valence-electron chi connectivity index (χ2n) is 5.65. The summed E-state index contributed by atoms with van der Waals surface area (Å²) in [6.45, 7) is 6.88. The molecule has 1 saturated carbocycles. The Kier molecular flexibility index (Phi) is 4.33. The first kappa shape index (κ1) is 13.0. The SMILES string of the molecule is CC(C)(C)C1CCCC(=NNC(N)=O)CC1. The number of amides is 2. The van der Waals surface area contributed by atoms with E-state index < -0.39 is 6.03 Å². The first-order valence-electron chi connectivity index (χ1n) is 6.00. The van der Waals surface area contributed by atoms with Gasteiger partial charge < -0.3 is 5.73 Å². The highest BCUT2D eigenvalue weighted by Gasteiger charge is 2.26. The summed E-state index contributed by atoms with van der Waals surface area (Å²) in [5, 5.41) is 4.05. The van der Waals surface area contributed by atoms with Gasteiger partial charge in [-0.2, -0.15) is 5.10 Å². The topological polar surface area (TPSA) is 67.5 Å². The van der Waals surface area contributed by atoms with E-state index in [2.05, 4.69) is 31.3 Å². The second-order valence-corrected chi connectivity index (χ2v) is 5.65. The van der Waals surface area contributed by atoms with Crippen LogP contribution in [-0.2, 0) is 0 Å². The molecule has 3 N–H and O–H groups in total. The van der Waals surface area contributed by atoms with Crippen LogP contribution in [-0.4, -0.2) is 11.7 Å². The number of hydrogen-bond acceptors (Lipinski definition) is 2. The minimum Gasteiger partial charge on any atom is -0.350 e. The van der Waals surface area contributed by atoms with E-state index in [0.29, 0.717) is 5.41 Å². The summed E-state index contributed by atoms with van der Waals surface area (Å²) in [6.07, 6.45) is 5.51. The summed E-state index contributed by atoms with van der Waals surface area (Å²) in [5.41, 5.74) is 8.75. The van der Waals surface area contributed by atoms with Gasteiger partial charge in [0.05, 0.1) is 0 Å². The minimum atomic E-state index is -0.580. The largest absolute Gasteiger partial charge is 0.350 e. The molecule has 0 spiro atoms. The molecule has 0 saturated heterocycles. The lowest BCUT2D eigenvalue weighted by molar-refractivity contribution is 0.216. The summed E-state index contributed by atoms with van der Waals surface area (Å²) in [6, 6.07) is -0.580. The van der Waals surface area contributed by atoms with E-state index in [-0.39, 0.29) is 0 Å². The van der Waals surface area contributed by atoms with Crippen molar-refractivity contribution in [2.75, 3.05) is 0 Å². The lowest BCUT2D eigenvalue weighted by atomic mass is 9.76. The number of carbonyl (C=O) groups excluding carboxylic acids is 1. The average Bonchev–Trinajstić information content (AvgIpc) is 2.38. The molecule has 1 aliphatic carbocycles. The van der Waals surface area contributed by atoms with Crippen LogP contribution in [0.25, 0.3) is 0 Å². The van der Waals surface area contributed by atoms with Gasteiger partial charge in [0.15, 0.2) is 0 Å². The number of rotatable bonds is 1. The fourth-order valence-electron chi connectivity index (χ4n) is 2.27. The van der Waals surface area contributed by atoms with Gasteiger partial charge in [-0.05, 0) is 43.4 Å². The van der Waals surface area contributed by atoms with Gasteiger partial charge in [0.2, 0.25) is 0 Å². The molecule has 4 nitrogen and oxygen atoms in total. The molecule has 0 heterocycles. The molecule has 0 bridgehead atoms. The maximum absolute atomic E-state index is 10.6. The van der Waals surface area contributed by atoms with Gasteiger partial charge in [0.1, 0.15) is 0 Å². The van der Waals surface area contributed by atoms with E-state index in [4.69, 9.17) is 5.73 Å². The van der Waals surface area contributed by atoms with Crippen LogP contribution in [0, 0.1) is 11.3 Å². The van der Waals surface area contributed by atoms with Gasteiger partial charge in [-0.3, -0.25) is 0 Å². The van der Waals surface area contributed by atoms with E-state index >= 15 is 0 Å². The Morgan fingerprint density at radius 2 is 2.06 bits per heavy atom. The Balaban J connectivity index is 2.52. The van der Waals surface area contributed by atoms with Crippen LogP contribution in [0.15, 0.2) is 5.10 Å². The third-order valence-electron chi connectivity index (χ3n) is 3.35. The third-order valence-corrected chi connectivity index (χ3v) is 3.35. The molecule has 0 aromatic rings. The molecule has 4 heteroatoms. The first-order chi connectivity index (χ1) is 7.39. The predicted octanol–water partition coefficient (Wildman–Crippen LogP) is 2.64.